The third kappa shape index (κ3) is 7.62. The van der Waals surface area contributed by atoms with Crippen LogP contribution in [-0.4, -0.2) is 74.8 Å². The molecular formula is C31H40BrClN4O4. The second-order valence-electron chi connectivity index (χ2n) is 11.8. The van der Waals surface area contributed by atoms with Gasteiger partial charge in [-0.3, -0.25) is 9.69 Å². The van der Waals surface area contributed by atoms with E-state index >= 15 is 0 Å². The average molecular weight is 648 g/mol. The summed E-state index contributed by atoms with van der Waals surface area (Å²) < 4.78 is 8.44. The first-order chi connectivity index (χ1) is 19.5. The minimum Gasteiger partial charge on any atom is -0.465 e. The van der Waals surface area contributed by atoms with Gasteiger partial charge in [0.25, 0.3) is 0 Å². The number of rotatable bonds is 10. The van der Waals surface area contributed by atoms with Crippen molar-refractivity contribution in [3.8, 4) is 0 Å². The minimum absolute atomic E-state index is 0.0348. The fraction of sp³-hybridized carbons (Fsp3) is 0.516. The Balaban J connectivity index is 1.58. The molecule has 1 aliphatic rings. The fourth-order valence-corrected chi connectivity index (χ4v) is 6.48. The maximum atomic E-state index is 13.8. The lowest BCUT2D eigenvalue weighted by atomic mass is 9.94. The number of carboxylic acid groups (broad SMARTS) is 1. The molecule has 0 aliphatic carbocycles. The number of carbonyl (C=O) groups excluding carboxylic acids is 1. The second-order valence-corrected chi connectivity index (χ2v) is 13.1. The Bertz CT molecular complexity index is 1350. The lowest BCUT2D eigenvalue weighted by Gasteiger charge is -2.41. The van der Waals surface area contributed by atoms with E-state index in [0.717, 1.165) is 52.7 Å². The first-order valence-corrected chi connectivity index (χ1v) is 15.3. The van der Waals surface area contributed by atoms with Crippen molar-refractivity contribution < 1.29 is 19.4 Å². The molecule has 2 amide bonds. The van der Waals surface area contributed by atoms with Gasteiger partial charge in [0.1, 0.15) is 5.82 Å². The molecule has 8 nitrogen and oxygen atoms in total. The Morgan fingerprint density at radius 3 is 2.61 bits per heavy atom. The van der Waals surface area contributed by atoms with Crippen LogP contribution in [0, 0.1) is 0 Å². The van der Waals surface area contributed by atoms with Crippen LogP contribution in [0.15, 0.2) is 46.9 Å². The van der Waals surface area contributed by atoms with Crippen molar-refractivity contribution >= 4 is 50.6 Å². The van der Waals surface area contributed by atoms with Crippen LogP contribution in [0.25, 0.3) is 11.0 Å². The van der Waals surface area contributed by atoms with Gasteiger partial charge < -0.3 is 19.3 Å². The Morgan fingerprint density at radius 2 is 1.95 bits per heavy atom. The number of aromatic nitrogens is 2. The molecule has 1 aliphatic heterocycles. The molecule has 4 rings (SSSR count). The molecular weight excluding hydrogens is 608 g/mol. The molecule has 1 N–H and O–H groups in total. The van der Waals surface area contributed by atoms with E-state index in [1.54, 1.807) is 7.11 Å². The van der Waals surface area contributed by atoms with E-state index in [2.05, 4.69) is 20.5 Å². The predicted octanol–water partition coefficient (Wildman–Crippen LogP) is 6.97. The maximum Gasteiger partial charge on any atom is 0.408 e. The topological polar surface area (TPSA) is 87.9 Å². The second kappa shape index (κ2) is 13.6. The van der Waals surface area contributed by atoms with Gasteiger partial charge in [-0.15, -0.1) is 0 Å². The molecule has 10 heteroatoms. The molecule has 2 heterocycles. The number of halogens is 2. The van der Waals surface area contributed by atoms with Crippen molar-refractivity contribution in [2.45, 2.75) is 76.9 Å². The van der Waals surface area contributed by atoms with Crippen LogP contribution in [0.4, 0.5) is 4.79 Å². The van der Waals surface area contributed by atoms with Crippen molar-refractivity contribution in [2.24, 2.45) is 0 Å². The first kappa shape index (κ1) is 31.3. The SMILES string of the molecule is COCCCn1c([C@@H]2CCCN(C(=O)C[C@@H](Cc3ccc(Br)cc3)N(C(=O)O)C(C)(C)C)C2)nc2cccc(Cl)c21. The summed E-state index contributed by atoms with van der Waals surface area (Å²) in [7, 11) is 1.69. The van der Waals surface area contributed by atoms with Gasteiger partial charge in [0.15, 0.2) is 0 Å². The summed E-state index contributed by atoms with van der Waals surface area (Å²) in [6.07, 6.45) is 2.14. The summed E-state index contributed by atoms with van der Waals surface area (Å²) in [5.74, 6) is 0.962. The number of hydrogen-bond donors (Lipinski definition) is 1. The molecule has 1 aromatic heterocycles. The van der Waals surface area contributed by atoms with Gasteiger partial charge in [-0.1, -0.05) is 45.7 Å². The highest BCUT2D eigenvalue weighted by Crippen LogP contribution is 2.33. The van der Waals surface area contributed by atoms with Crippen LogP contribution in [0.3, 0.4) is 0 Å². The highest BCUT2D eigenvalue weighted by atomic mass is 79.9. The first-order valence-electron chi connectivity index (χ1n) is 14.2. The molecule has 0 radical (unpaired) electrons. The van der Waals surface area contributed by atoms with Crippen molar-refractivity contribution in [1.29, 1.82) is 0 Å². The number of ether oxygens (including phenoxy) is 1. The molecule has 0 bridgehead atoms. The number of para-hydroxylation sites is 1. The zero-order valence-electron chi connectivity index (χ0n) is 24.3. The minimum atomic E-state index is -1.02. The molecule has 1 saturated heterocycles. The van der Waals surface area contributed by atoms with E-state index in [1.165, 1.54) is 4.90 Å². The standard InChI is InChI=1S/C31H40BrClN4O4/c1-31(2,3)37(30(39)40)24(18-21-11-13-23(32)14-12-21)19-27(38)35-15-6-8-22(20-35)29-34-26-10-5-9-25(33)28(26)36(29)16-7-17-41-4/h5,9-14,22,24H,6-8,15-20H2,1-4H3,(H,39,40)/t22-,24-/m1/s1. The number of nitrogens with zero attached hydrogens (tertiary/aromatic N) is 4. The summed E-state index contributed by atoms with van der Waals surface area (Å²) >= 11 is 10.1. The number of carbonyl (C=O) groups is 2. The molecule has 41 heavy (non-hydrogen) atoms. The number of methoxy groups -OCH3 is 1. The van der Waals surface area contributed by atoms with Gasteiger partial charge in [-0.2, -0.15) is 0 Å². The number of amides is 2. The zero-order valence-corrected chi connectivity index (χ0v) is 26.6. The number of fused-ring (bicyclic) bond motifs is 1. The number of aryl methyl sites for hydroxylation is 1. The van der Waals surface area contributed by atoms with Crippen molar-refractivity contribution in [1.82, 2.24) is 19.4 Å². The molecule has 0 unspecified atom stereocenters. The lowest BCUT2D eigenvalue weighted by molar-refractivity contribution is -0.134. The smallest absolute Gasteiger partial charge is 0.408 e. The average Bonchev–Trinajstić information content (AvgIpc) is 3.29. The quantitative estimate of drug-likeness (QED) is 0.240. The number of benzene rings is 2. The Kier molecular flexibility index (Phi) is 10.4. The van der Waals surface area contributed by atoms with Crippen molar-refractivity contribution in [3.05, 3.63) is 63.3 Å². The van der Waals surface area contributed by atoms with Crippen LogP contribution in [0.2, 0.25) is 5.02 Å². The van der Waals surface area contributed by atoms with E-state index in [0.29, 0.717) is 31.1 Å². The normalized spacial score (nSPS) is 16.6. The van der Waals surface area contributed by atoms with Gasteiger partial charge in [-0.05, 0) is 76.3 Å². The maximum absolute atomic E-state index is 13.8. The number of piperidine rings is 1. The largest absolute Gasteiger partial charge is 0.465 e. The molecule has 2 atom stereocenters. The molecule has 0 spiro atoms. The fourth-order valence-electron chi connectivity index (χ4n) is 5.95. The van der Waals surface area contributed by atoms with Crippen LogP contribution < -0.4 is 0 Å². The van der Waals surface area contributed by atoms with Gasteiger partial charge in [0, 0.05) is 61.7 Å². The third-order valence-electron chi connectivity index (χ3n) is 7.71. The highest BCUT2D eigenvalue weighted by molar-refractivity contribution is 9.10. The van der Waals surface area contributed by atoms with Crippen molar-refractivity contribution in [2.75, 3.05) is 26.8 Å². The number of imidazole rings is 1. The summed E-state index contributed by atoms with van der Waals surface area (Å²) in [5, 5.41) is 10.9. The molecule has 3 aromatic rings. The van der Waals surface area contributed by atoms with E-state index in [4.69, 9.17) is 21.3 Å². The van der Waals surface area contributed by atoms with Crippen molar-refractivity contribution in [3.63, 3.8) is 0 Å². The van der Waals surface area contributed by atoms with Crippen LogP contribution in [0.5, 0.6) is 0 Å². The van der Waals surface area contributed by atoms with Gasteiger partial charge in [-0.25, -0.2) is 9.78 Å². The molecule has 1 fully saturated rings. The molecule has 2 aromatic carbocycles. The summed E-state index contributed by atoms with van der Waals surface area (Å²) in [6, 6.07) is 13.1. The Hall–Kier alpha value is -2.62. The van der Waals surface area contributed by atoms with E-state index in [1.807, 2.05) is 68.1 Å². The van der Waals surface area contributed by atoms with Crippen LogP contribution in [0.1, 0.15) is 63.8 Å². The number of likely N-dealkylation sites (tertiary alicyclic amines) is 1. The van der Waals surface area contributed by atoms with Crippen LogP contribution in [-0.2, 0) is 22.5 Å². The zero-order chi connectivity index (χ0) is 29.7. The van der Waals surface area contributed by atoms with E-state index in [-0.39, 0.29) is 18.2 Å². The number of hydrogen-bond acceptors (Lipinski definition) is 4. The monoisotopic (exact) mass is 646 g/mol. The predicted molar refractivity (Wildman–Crippen MR) is 166 cm³/mol. The van der Waals surface area contributed by atoms with E-state index < -0.39 is 17.7 Å². The Morgan fingerprint density at radius 1 is 1.22 bits per heavy atom. The summed E-state index contributed by atoms with van der Waals surface area (Å²) in [5.41, 5.74) is 2.09. The van der Waals surface area contributed by atoms with E-state index in [9.17, 15) is 14.7 Å². The van der Waals surface area contributed by atoms with Gasteiger partial charge in [0.2, 0.25) is 5.91 Å². The third-order valence-corrected chi connectivity index (χ3v) is 8.54. The lowest BCUT2D eigenvalue weighted by Crippen LogP contribution is -2.54. The summed E-state index contributed by atoms with van der Waals surface area (Å²) in [6.45, 7) is 8.16. The van der Waals surface area contributed by atoms with Gasteiger partial charge >= 0.3 is 6.09 Å². The van der Waals surface area contributed by atoms with Gasteiger partial charge in [0.05, 0.1) is 16.1 Å². The molecule has 222 valence electrons. The highest BCUT2D eigenvalue weighted by Gasteiger charge is 2.37. The summed E-state index contributed by atoms with van der Waals surface area (Å²) in [4.78, 5) is 34.6. The molecule has 0 saturated carbocycles. The van der Waals surface area contributed by atoms with Crippen LogP contribution >= 0.6 is 27.5 Å². The Labute approximate surface area is 255 Å².